The Kier molecular flexibility index (Phi) is 6.47. The molecule has 25 heavy (non-hydrogen) atoms. The third-order valence-corrected chi connectivity index (χ3v) is 4.49. The molecule has 0 aliphatic carbocycles. The Morgan fingerprint density at radius 1 is 1.32 bits per heavy atom. The van der Waals surface area contributed by atoms with Crippen LogP contribution in [0, 0.1) is 11.6 Å². The minimum absolute atomic E-state index is 0.0318. The van der Waals surface area contributed by atoms with E-state index in [2.05, 4.69) is 10.2 Å². The van der Waals surface area contributed by atoms with Crippen LogP contribution in [0.5, 0.6) is 0 Å². The molecule has 1 heterocycles. The maximum absolute atomic E-state index is 13.4. The Morgan fingerprint density at radius 2 is 2.04 bits per heavy atom. The predicted octanol–water partition coefficient (Wildman–Crippen LogP) is 2.04. The van der Waals surface area contributed by atoms with Crippen LogP contribution in [0.2, 0.25) is 0 Å². The van der Waals surface area contributed by atoms with E-state index in [4.69, 9.17) is 4.74 Å². The van der Waals surface area contributed by atoms with Crippen molar-refractivity contribution in [1.82, 2.24) is 10.2 Å². The van der Waals surface area contributed by atoms with Crippen molar-refractivity contribution in [2.75, 3.05) is 13.7 Å². The second-order valence-electron chi connectivity index (χ2n) is 6.53. The minimum Gasteiger partial charge on any atom is -0.467 e. The Balaban J connectivity index is 2.10. The van der Waals surface area contributed by atoms with Crippen LogP contribution in [0.1, 0.15) is 32.3 Å². The van der Waals surface area contributed by atoms with Crippen LogP contribution < -0.4 is 5.32 Å². The molecule has 5 nitrogen and oxygen atoms in total. The number of likely N-dealkylation sites (tertiary alicyclic amines) is 1. The zero-order valence-electron chi connectivity index (χ0n) is 14.7. The summed E-state index contributed by atoms with van der Waals surface area (Å²) in [5.74, 6) is -2.81. The second kappa shape index (κ2) is 8.38. The van der Waals surface area contributed by atoms with Crippen molar-refractivity contribution in [3.63, 3.8) is 0 Å². The van der Waals surface area contributed by atoms with E-state index in [0.29, 0.717) is 5.56 Å². The molecule has 1 aliphatic rings. The third-order valence-electron chi connectivity index (χ3n) is 4.49. The number of hydrogen-bond donors (Lipinski definition) is 1. The van der Waals surface area contributed by atoms with Crippen molar-refractivity contribution in [3.05, 3.63) is 35.4 Å². The van der Waals surface area contributed by atoms with Crippen LogP contribution in [0.25, 0.3) is 0 Å². The van der Waals surface area contributed by atoms with E-state index in [1.54, 1.807) is 0 Å². The van der Waals surface area contributed by atoms with Crippen molar-refractivity contribution < 1.29 is 23.1 Å². The molecule has 1 aromatic carbocycles. The van der Waals surface area contributed by atoms with Gasteiger partial charge in [0, 0.05) is 12.5 Å². The molecule has 7 heteroatoms. The fraction of sp³-hybridized carbons (Fsp3) is 0.556. The van der Waals surface area contributed by atoms with Crippen molar-refractivity contribution in [1.29, 1.82) is 0 Å². The van der Waals surface area contributed by atoms with E-state index >= 15 is 0 Å². The molecule has 2 unspecified atom stereocenters. The summed E-state index contributed by atoms with van der Waals surface area (Å²) in [6.45, 7) is 4.87. The molecule has 138 valence electrons. The van der Waals surface area contributed by atoms with Gasteiger partial charge in [-0.1, -0.05) is 6.07 Å². The molecule has 0 bridgehead atoms. The normalized spacial score (nSPS) is 19.0. The van der Waals surface area contributed by atoms with Gasteiger partial charge in [0.2, 0.25) is 5.91 Å². The van der Waals surface area contributed by atoms with Gasteiger partial charge in [0.05, 0.1) is 13.2 Å². The third kappa shape index (κ3) is 4.75. The molecule has 1 saturated heterocycles. The largest absolute Gasteiger partial charge is 0.467 e. The van der Waals surface area contributed by atoms with Crippen LogP contribution >= 0.6 is 0 Å². The lowest BCUT2D eigenvalue weighted by Gasteiger charge is -2.28. The molecule has 0 spiro atoms. The zero-order valence-corrected chi connectivity index (χ0v) is 14.7. The van der Waals surface area contributed by atoms with E-state index < -0.39 is 23.6 Å². The number of nitrogens with zero attached hydrogens (tertiary/aromatic N) is 1. The number of esters is 1. The van der Waals surface area contributed by atoms with Gasteiger partial charge in [0.15, 0.2) is 11.6 Å². The number of benzene rings is 1. The SMILES string of the molecule is COC(=O)C(Cc1ccc(F)c(F)c1)NC(=O)C1CCCN1C(C)C. The molecule has 0 aromatic heterocycles. The van der Waals surface area contributed by atoms with Gasteiger partial charge in [-0.3, -0.25) is 9.69 Å². The highest BCUT2D eigenvalue weighted by Gasteiger charge is 2.34. The van der Waals surface area contributed by atoms with E-state index in [1.165, 1.54) is 13.2 Å². The van der Waals surface area contributed by atoms with E-state index in [-0.39, 0.29) is 24.4 Å². The van der Waals surface area contributed by atoms with Crippen molar-refractivity contribution in [3.8, 4) is 0 Å². The quantitative estimate of drug-likeness (QED) is 0.795. The molecule has 1 amide bonds. The fourth-order valence-electron chi connectivity index (χ4n) is 3.19. The van der Waals surface area contributed by atoms with Crippen molar-refractivity contribution in [2.24, 2.45) is 0 Å². The number of hydrogen-bond acceptors (Lipinski definition) is 4. The zero-order chi connectivity index (χ0) is 18.6. The van der Waals surface area contributed by atoms with Gasteiger partial charge in [-0.05, 0) is 50.9 Å². The Morgan fingerprint density at radius 3 is 2.64 bits per heavy atom. The average molecular weight is 354 g/mol. The van der Waals surface area contributed by atoms with Crippen molar-refractivity contribution in [2.45, 2.75) is 51.2 Å². The maximum atomic E-state index is 13.4. The number of amides is 1. The molecule has 0 saturated carbocycles. The molecule has 1 fully saturated rings. The van der Waals surface area contributed by atoms with Crippen LogP contribution in [-0.2, 0) is 20.7 Å². The lowest BCUT2D eigenvalue weighted by Crippen LogP contribution is -2.51. The number of carbonyl (C=O) groups is 2. The van der Waals surface area contributed by atoms with E-state index in [0.717, 1.165) is 31.5 Å². The standard InChI is InChI=1S/C18H24F2N2O3/c1-11(2)22-8-4-5-16(22)17(23)21-15(18(24)25-3)10-12-6-7-13(19)14(20)9-12/h6-7,9,11,15-16H,4-5,8,10H2,1-3H3,(H,21,23). The summed E-state index contributed by atoms with van der Waals surface area (Å²) < 4.78 is 31.2. The van der Waals surface area contributed by atoms with Gasteiger partial charge in [-0.2, -0.15) is 0 Å². The van der Waals surface area contributed by atoms with E-state index in [9.17, 15) is 18.4 Å². The number of methoxy groups -OCH3 is 1. The number of halogens is 2. The molecule has 0 radical (unpaired) electrons. The monoisotopic (exact) mass is 354 g/mol. The first-order chi connectivity index (χ1) is 11.8. The Labute approximate surface area is 146 Å². The molecule has 2 rings (SSSR count). The van der Waals surface area contributed by atoms with Crippen LogP contribution in [-0.4, -0.2) is 48.6 Å². The number of rotatable bonds is 6. The fourth-order valence-corrected chi connectivity index (χ4v) is 3.19. The lowest BCUT2D eigenvalue weighted by atomic mass is 10.0. The number of nitrogens with one attached hydrogen (secondary N) is 1. The van der Waals surface area contributed by atoms with Gasteiger partial charge in [-0.25, -0.2) is 13.6 Å². The molecule has 1 aliphatic heterocycles. The summed E-state index contributed by atoms with van der Waals surface area (Å²) in [6, 6.07) is 2.39. The van der Waals surface area contributed by atoms with Gasteiger partial charge in [0.25, 0.3) is 0 Å². The van der Waals surface area contributed by atoms with Gasteiger partial charge in [-0.15, -0.1) is 0 Å². The van der Waals surface area contributed by atoms with Gasteiger partial charge in [0.1, 0.15) is 6.04 Å². The maximum Gasteiger partial charge on any atom is 0.328 e. The highest BCUT2D eigenvalue weighted by Crippen LogP contribution is 2.20. The molecular formula is C18H24F2N2O3. The van der Waals surface area contributed by atoms with Crippen LogP contribution in [0.3, 0.4) is 0 Å². The molecule has 1 aromatic rings. The first kappa shape index (κ1) is 19.3. The highest BCUT2D eigenvalue weighted by molar-refractivity contribution is 5.87. The highest BCUT2D eigenvalue weighted by atomic mass is 19.2. The van der Waals surface area contributed by atoms with Crippen LogP contribution in [0.15, 0.2) is 18.2 Å². The topological polar surface area (TPSA) is 58.6 Å². The first-order valence-corrected chi connectivity index (χ1v) is 8.41. The second-order valence-corrected chi connectivity index (χ2v) is 6.53. The van der Waals surface area contributed by atoms with Gasteiger partial charge >= 0.3 is 5.97 Å². The summed E-state index contributed by atoms with van der Waals surface area (Å²) in [5.41, 5.74) is 0.404. The van der Waals surface area contributed by atoms with Crippen molar-refractivity contribution >= 4 is 11.9 Å². The average Bonchev–Trinajstić information content (AvgIpc) is 3.07. The minimum atomic E-state index is -0.991. The summed E-state index contributed by atoms with van der Waals surface area (Å²) in [7, 11) is 1.22. The first-order valence-electron chi connectivity index (χ1n) is 8.41. The summed E-state index contributed by atoms with van der Waals surface area (Å²) in [4.78, 5) is 26.7. The van der Waals surface area contributed by atoms with E-state index in [1.807, 2.05) is 13.8 Å². The smallest absolute Gasteiger partial charge is 0.328 e. The summed E-state index contributed by atoms with van der Waals surface area (Å²) >= 11 is 0. The number of ether oxygens (including phenoxy) is 1. The molecular weight excluding hydrogens is 330 g/mol. The molecule has 1 N–H and O–H groups in total. The number of carbonyl (C=O) groups excluding carboxylic acids is 2. The summed E-state index contributed by atoms with van der Waals surface area (Å²) in [5, 5.41) is 2.71. The lowest BCUT2D eigenvalue weighted by molar-refractivity contribution is -0.145. The summed E-state index contributed by atoms with van der Waals surface area (Å²) in [6.07, 6.45) is 1.68. The Bertz CT molecular complexity index is 637. The van der Waals surface area contributed by atoms with Gasteiger partial charge < -0.3 is 10.1 Å². The molecule has 2 atom stereocenters. The van der Waals surface area contributed by atoms with Crippen LogP contribution in [0.4, 0.5) is 8.78 Å². The Hall–Kier alpha value is -2.02. The predicted molar refractivity (Wildman–Crippen MR) is 88.9 cm³/mol.